The van der Waals surface area contributed by atoms with Crippen molar-refractivity contribution in [1.29, 1.82) is 0 Å². The lowest BCUT2D eigenvalue weighted by molar-refractivity contribution is 0.191. The van der Waals surface area contributed by atoms with Gasteiger partial charge in [0, 0.05) is 23.5 Å². The fraction of sp³-hybridized carbons (Fsp3) is 0.600. The molecule has 0 saturated carbocycles. The molecule has 0 spiro atoms. The molecule has 29 heavy (non-hydrogen) atoms. The molecule has 2 aromatic heterocycles. The molecule has 2 rings (SSSR count). The summed E-state index contributed by atoms with van der Waals surface area (Å²) in [6.07, 6.45) is 2.15. The van der Waals surface area contributed by atoms with Crippen LogP contribution in [0.2, 0.25) is 0 Å². The van der Waals surface area contributed by atoms with Gasteiger partial charge < -0.3 is 9.47 Å². The van der Waals surface area contributed by atoms with Crippen molar-refractivity contribution < 1.29 is 9.47 Å². The summed E-state index contributed by atoms with van der Waals surface area (Å²) in [6, 6.07) is 12.1. The van der Waals surface area contributed by atoms with Gasteiger partial charge in [-0.15, -0.1) is 0 Å². The van der Waals surface area contributed by atoms with Gasteiger partial charge in [0.25, 0.3) is 0 Å². The molecule has 0 saturated heterocycles. The minimum Gasteiger partial charge on any atom is -0.477 e. The van der Waals surface area contributed by atoms with Gasteiger partial charge in [0.1, 0.15) is 0 Å². The van der Waals surface area contributed by atoms with E-state index in [-0.39, 0.29) is 5.41 Å². The molecule has 4 heteroatoms. The molecule has 160 valence electrons. The second-order valence-electron chi connectivity index (χ2n) is 9.70. The summed E-state index contributed by atoms with van der Waals surface area (Å²) < 4.78 is 11.8. The Balaban J connectivity index is 1.81. The predicted octanol–water partition coefficient (Wildman–Crippen LogP) is 6.62. The van der Waals surface area contributed by atoms with Gasteiger partial charge in [-0.05, 0) is 48.1 Å². The van der Waals surface area contributed by atoms with Crippen LogP contribution >= 0.6 is 0 Å². The molecule has 4 nitrogen and oxygen atoms in total. The van der Waals surface area contributed by atoms with E-state index in [0.29, 0.717) is 31.0 Å². The molecule has 2 atom stereocenters. The van der Waals surface area contributed by atoms with Crippen molar-refractivity contribution in [3.05, 3.63) is 47.8 Å². The second kappa shape index (κ2) is 10.6. The van der Waals surface area contributed by atoms with Crippen molar-refractivity contribution >= 4 is 0 Å². The first-order valence-corrected chi connectivity index (χ1v) is 10.8. The summed E-state index contributed by atoms with van der Waals surface area (Å²) in [5.74, 6) is 2.70. The van der Waals surface area contributed by atoms with Gasteiger partial charge >= 0.3 is 0 Å². The Labute approximate surface area is 177 Å². The van der Waals surface area contributed by atoms with E-state index in [0.717, 1.165) is 36.0 Å². The van der Waals surface area contributed by atoms with Gasteiger partial charge in [0.05, 0.1) is 13.2 Å². The van der Waals surface area contributed by atoms with Crippen LogP contribution < -0.4 is 9.47 Å². The van der Waals surface area contributed by atoms with Crippen LogP contribution in [0, 0.1) is 11.3 Å². The van der Waals surface area contributed by atoms with E-state index in [2.05, 4.69) is 65.6 Å². The van der Waals surface area contributed by atoms with Gasteiger partial charge in [-0.3, -0.25) is 0 Å². The predicted molar refractivity (Wildman–Crippen MR) is 120 cm³/mol. The smallest absolute Gasteiger partial charge is 0.213 e. The third kappa shape index (κ3) is 8.43. The zero-order valence-electron chi connectivity index (χ0n) is 19.2. The summed E-state index contributed by atoms with van der Waals surface area (Å²) >= 11 is 0. The van der Waals surface area contributed by atoms with Crippen molar-refractivity contribution in [3.8, 4) is 11.8 Å². The first kappa shape index (κ1) is 23.2. The quantitative estimate of drug-likeness (QED) is 0.451. The molecule has 0 amide bonds. The van der Waals surface area contributed by atoms with Crippen LogP contribution in [-0.2, 0) is 0 Å². The molecule has 0 aromatic carbocycles. The SMILES string of the molecule is CC(CCC(C)c1cccc(OCC(C)(C)C)n1)COc1cccc(C(C)C)n1. The van der Waals surface area contributed by atoms with Crippen LogP contribution in [0.5, 0.6) is 11.8 Å². The largest absolute Gasteiger partial charge is 0.477 e. The first-order chi connectivity index (χ1) is 13.6. The van der Waals surface area contributed by atoms with E-state index in [1.54, 1.807) is 0 Å². The number of hydrogen-bond donors (Lipinski definition) is 0. The third-order valence-electron chi connectivity index (χ3n) is 4.85. The lowest BCUT2D eigenvalue weighted by Gasteiger charge is -2.19. The Morgan fingerprint density at radius 3 is 2.00 bits per heavy atom. The second-order valence-corrected chi connectivity index (χ2v) is 9.70. The van der Waals surface area contributed by atoms with Crippen LogP contribution in [0.25, 0.3) is 0 Å². The highest BCUT2D eigenvalue weighted by molar-refractivity contribution is 5.19. The minimum atomic E-state index is 0.127. The van der Waals surface area contributed by atoms with Gasteiger partial charge in [-0.25, -0.2) is 9.97 Å². The van der Waals surface area contributed by atoms with Gasteiger partial charge in [-0.1, -0.05) is 60.6 Å². The summed E-state index contributed by atoms with van der Waals surface area (Å²) in [7, 11) is 0. The number of nitrogens with zero attached hydrogens (tertiary/aromatic N) is 2. The van der Waals surface area contributed by atoms with Crippen LogP contribution in [0.1, 0.15) is 84.5 Å². The van der Waals surface area contributed by atoms with E-state index in [1.807, 2.05) is 24.3 Å². The van der Waals surface area contributed by atoms with Crippen LogP contribution in [0.4, 0.5) is 0 Å². The van der Waals surface area contributed by atoms with Crippen LogP contribution in [0.3, 0.4) is 0 Å². The molecule has 2 aromatic rings. The van der Waals surface area contributed by atoms with E-state index < -0.39 is 0 Å². The van der Waals surface area contributed by atoms with Crippen molar-refractivity contribution in [2.24, 2.45) is 11.3 Å². The summed E-state index contributed by atoms with van der Waals surface area (Å²) in [6.45, 7) is 16.6. The van der Waals surface area contributed by atoms with E-state index in [9.17, 15) is 0 Å². The number of ether oxygens (including phenoxy) is 2. The maximum absolute atomic E-state index is 5.93. The van der Waals surface area contributed by atoms with Crippen LogP contribution in [-0.4, -0.2) is 23.2 Å². The highest BCUT2D eigenvalue weighted by Gasteiger charge is 2.14. The van der Waals surface area contributed by atoms with Gasteiger partial charge in [0.15, 0.2) is 0 Å². The zero-order valence-corrected chi connectivity index (χ0v) is 19.2. The average molecular weight is 399 g/mol. The highest BCUT2D eigenvalue weighted by Crippen LogP contribution is 2.24. The van der Waals surface area contributed by atoms with Crippen molar-refractivity contribution in [2.75, 3.05) is 13.2 Å². The maximum Gasteiger partial charge on any atom is 0.213 e. The van der Waals surface area contributed by atoms with E-state index in [1.165, 1.54) is 0 Å². The molecule has 0 fully saturated rings. The van der Waals surface area contributed by atoms with Gasteiger partial charge in [0.2, 0.25) is 11.8 Å². The number of pyridine rings is 2. The standard InChI is InChI=1S/C25H38N2O2/c1-18(2)21-10-8-12-23(26-21)28-16-19(3)14-15-20(4)22-11-9-13-24(27-22)29-17-25(5,6)7/h8-13,18-20H,14-17H2,1-7H3. The molecule has 2 heterocycles. The molecule has 0 aliphatic carbocycles. The van der Waals surface area contributed by atoms with Crippen molar-refractivity contribution in [2.45, 2.75) is 73.1 Å². The Hall–Kier alpha value is -2.10. The molecular weight excluding hydrogens is 360 g/mol. The molecule has 0 bridgehead atoms. The molecular formula is C25H38N2O2. The Morgan fingerprint density at radius 1 is 0.793 bits per heavy atom. The number of hydrogen-bond acceptors (Lipinski definition) is 4. The number of rotatable bonds is 10. The molecule has 0 N–H and O–H groups in total. The lowest BCUT2D eigenvalue weighted by atomic mass is 9.96. The van der Waals surface area contributed by atoms with Gasteiger partial charge in [-0.2, -0.15) is 0 Å². The minimum absolute atomic E-state index is 0.127. The zero-order chi connectivity index (χ0) is 21.4. The summed E-state index contributed by atoms with van der Waals surface area (Å²) in [4.78, 5) is 9.30. The van der Waals surface area contributed by atoms with E-state index in [4.69, 9.17) is 14.5 Å². The third-order valence-corrected chi connectivity index (χ3v) is 4.85. The maximum atomic E-state index is 5.93. The van der Waals surface area contributed by atoms with Crippen molar-refractivity contribution in [1.82, 2.24) is 9.97 Å². The molecule has 0 radical (unpaired) electrons. The topological polar surface area (TPSA) is 44.2 Å². The molecule has 0 aliphatic rings. The summed E-state index contributed by atoms with van der Waals surface area (Å²) in [5, 5.41) is 0. The van der Waals surface area contributed by atoms with Crippen molar-refractivity contribution in [3.63, 3.8) is 0 Å². The summed E-state index contributed by atoms with van der Waals surface area (Å²) in [5.41, 5.74) is 2.29. The fourth-order valence-electron chi connectivity index (χ4n) is 2.90. The Morgan fingerprint density at radius 2 is 1.38 bits per heavy atom. The Bertz CT molecular complexity index is 752. The normalized spacial score (nSPS) is 13.9. The average Bonchev–Trinajstić information content (AvgIpc) is 2.68. The first-order valence-electron chi connectivity index (χ1n) is 10.8. The fourth-order valence-corrected chi connectivity index (χ4v) is 2.90. The highest BCUT2D eigenvalue weighted by atomic mass is 16.5. The van der Waals surface area contributed by atoms with Crippen LogP contribution in [0.15, 0.2) is 36.4 Å². The lowest BCUT2D eigenvalue weighted by Crippen LogP contribution is -2.17. The molecule has 0 aliphatic heterocycles. The molecule has 2 unspecified atom stereocenters. The number of aromatic nitrogens is 2. The monoisotopic (exact) mass is 398 g/mol. The van der Waals surface area contributed by atoms with E-state index >= 15 is 0 Å². The Kier molecular flexibility index (Phi) is 8.48.